The van der Waals surface area contributed by atoms with Gasteiger partial charge in [0, 0.05) is 42.4 Å². The molecule has 0 spiro atoms. The Bertz CT molecular complexity index is 1660. The number of nitrogens with zero attached hydrogens (tertiary/aromatic N) is 5. The van der Waals surface area contributed by atoms with E-state index in [1.807, 2.05) is 17.9 Å². The smallest absolute Gasteiger partial charge is 0.433 e. The first-order valence-corrected chi connectivity index (χ1v) is 14.0. The summed E-state index contributed by atoms with van der Waals surface area (Å²) >= 11 is 0. The molecule has 1 fully saturated rings. The zero-order valence-electron chi connectivity index (χ0n) is 25.1. The van der Waals surface area contributed by atoms with Crippen LogP contribution in [-0.4, -0.2) is 89.0 Å². The number of benzene rings is 2. The first kappa shape index (κ1) is 31.1. The lowest BCUT2D eigenvalue weighted by Gasteiger charge is -2.43. The van der Waals surface area contributed by atoms with Crippen LogP contribution in [0.5, 0.6) is 17.2 Å². The topological polar surface area (TPSA) is 102 Å². The Kier molecular flexibility index (Phi) is 8.71. The van der Waals surface area contributed by atoms with Gasteiger partial charge in [-0.05, 0) is 56.3 Å². The molecule has 2 aromatic carbocycles. The highest BCUT2D eigenvalue weighted by atomic mass is 19.4. The number of carbonyl (C=O) groups excluding carboxylic acids is 1. The number of piperazine rings is 1. The van der Waals surface area contributed by atoms with E-state index in [2.05, 4.69) is 10.1 Å². The molecular formula is C31H34F3N5O5. The van der Waals surface area contributed by atoms with Gasteiger partial charge in [-0.2, -0.15) is 18.3 Å². The molecule has 234 valence electrons. The van der Waals surface area contributed by atoms with E-state index in [1.54, 1.807) is 55.5 Å². The summed E-state index contributed by atoms with van der Waals surface area (Å²) < 4.78 is 59.9. The largest absolute Gasteiger partial charge is 0.497 e. The monoisotopic (exact) mass is 613 g/mol. The Morgan fingerprint density at radius 1 is 1.05 bits per heavy atom. The van der Waals surface area contributed by atoms with E-state index in [9.17, 15) is 23.1 Å². The van der Waals surface area contributed by atoms with Gasteiger partial charge in [-0.15, -0.1) is 0 Å². The van der Waals surface area contributed by atoms with Crippen molar-refractivity contribution in [1.82, 2.24) is 24.4 Å². The number of alkyl halides is 3. The van der Waals surface area contributed by atoms with Crippen LogP contribution in [0.15, 0.2) is 48.7 Å². The molecule has 0 bridgehead atoms. The van der Waals surface area contributed by atoms with Gasteiger partial charge >= 0.3 is 6.18 Å². The van der Waals surface area contributed by atoms with E-state index in [0.29, 0.717) is 40.4 Å². The molecular weight excluding hydrogens is 579 g/mol. The lowest BCUT2D eigenvalue weighted by molar-refractivity contribution is -0.143. The van der Waals surface area contributed by atoms with E-state index >= 15 is 0 Å². The van der Waals surface area contributed by atoms with E-state index in [0.717, 1.165) is 11.8 Å². The first-order valence-electron chi connectivity index (χ1n) is 14.0. The molecule has 10 nitrogen and oxygen atoms in total. The highest BCUT2D eigenvalue weighted by Gasteiger charge is 2.40. The van der Waals surface area contributed by atoms with Crippen LogP contribution in [0.25, 0.3) is 16.9 Å². The maximum absolute atomic E-state index is 14.4. The summed E-state index contributed by atoms with van der Waals surface area (Å²) in [5.41, 5.74) is -0.0277. The van der Waals surface area contributed by atoms with Crippen molar-refractivity contribution in [2.24, 2.45) is 0 Å². The lowest BCUT2D eigenvalue weighted by atomic mass is 10.0. The van der Waals surface area contributed by atoms with Crippen molar-refractivity contribution < 1.29 is 37.3 Å². The van der Waals surface area contributed by atoms with Gasteiger partial charge in [-0.25, -0.2) is 9.50 Å². The number of hydrogen-bond acceptors (Lipinski definition) is 8. The normalized spacial score (nSPS) is 16.7. The van der Waals surface area contributed by atoms with Gasteiger partial charge in [-0.1, -0.05) is 0 Å². The molecule has 0 radical (unpaired) electrons. The Hall–Kier alpha value is -4.36. The first-order chi connectivity index (χ1) is 21.0. The molecule has 1 saturated heterocycles. The van der Waals surface area contributed by atoms with Crippen LogP contribution >= 0.6 is 0 Å². The standard InChI is InChI=1S/C31H34F3N5O5/c1-18-16-37(25(17-40)23-14-22(43-4)10-11-26(23)44-5)12-13-38(18)30(41)24-15-35-39-28(31(32,33)34)19(2)27(36-29(24)39)20-6-8-21(42-3)9-7-20/h6-11,14-15,18,25,40H,12-13,16-17H2,1-5H3/t18-,25-/m1/s1. The van der Waals surface area contributed by atoms with Crippen molar-refractivity contribution in [3.05, 3.63) is 71.0 Å². The third-order valence-corrected chi connectivity index (χ3v) is 8.08. The summed E-state index contributed by atoms with van der Waals surface area (Å²) in [7, 11) is 4.60. The quantitative estimate of drug-likeness (QED) is 0.307. The molecule has 5 rings (SSSR count). The summed E-state index contributed by atoms with van der Waals surface area (Å²) in [5.74, 6) is 1.28. The Morgan fingerprint density at radius 3 is 2.32 bits per heavy atom. The SMILES string of the molecule is COc1ccc(-c2nc3c(C(=O)N4CCN([C@H](CO)c5cc(OC)ccc5OC)C[C@H]4C)cnn3c(C(F)(F)F)c2C)cc1. The lowest BCUT2D eigenvalue weighted by Crippen LogP contribution is -2.55. The van der Waals surface area contributed by atoms with Crippen LogP contribution in [0.2, 0.25) is 0 Å². The number of ether oxygens (including phenoxy) is 3. The van der Waals surface area contributed by atoms with Gasteiger partial charge < -0.3 is 24.2 Å². The molecule has 0 aliphatic carbocycles. The van der Waals surface area contributed by atoms with Crippen LogP contribution in [0.3, 0.4) is 0 Å². The summed E-state index contributed by atoms with van der Waals surface area (Å²) in [6.07, 6.45) is -3.61. The average molecular weight is 614 g/mol. The summed E-state index contributed by atoms with van der Waals surface area (Å²) in [6, 6.07) is 11.1. The van der Waals surface area contributed by atoms with Crippen molar-refractivity contribution in [2.75, 3.05) is 47.6 Å². The fraction of sp³-hybridized carbons (Fsp3) is 0.387. The highest BCUT2D eigenvalue weighted by molar-refractivity contribution is 6.00. The summed E-state index contributed by atoms with van der Waals surface area (Å²) in [5, 5.41) is 14.3. The summed E-state index contributed by atoms with van der Waals surface area (Å²) in [4.78, 5) is 22.1. The molecule has 2 atom stereocenters. The van der Waals surface area contributed by atoms with Crippen LogP contribution < -0.4 is 14.2 Å². The number of fused-ring (bicyclic) bond motifs is 1. The van der Waals surface area contributed by atoms with Crippen LogP contribution in [0, 0.1) is 6.92 Å². The van der Waals surface area contributed by atoms with Crippen molar-refractivity contribution in [2.45, 2.75) is 32.1 Å². The molecule has 0 unspecified atom stereocenters. The zero-order chi connectivity index (χ0) is 31.8. The minimum atomic E-state index is -4.75. The Balaban J connectivity index is 1.48. The predicted molar refractivity (Wildman–Crippen MR) is 156 cm³/mol. The molecule has 0 saturated carbocycles. The van der Waals surface area contributed by atoms with Gasteiger partial charge in [0.15, 0.2) is 11.3 Å². The highest BCUT2D eigenvalue weighted by Crippen LogP contribution is 2.38. The number of carbonyl (C=O) groups is 1. The van der Waals surface area contributed by atoms with Gasteiger partial charge in [0.05, 0.1) is 45.9 Å². The second kappa shape index (κ2) is 12.3. The number of methoxy groups -OCH3 is 3. The molecule has 1 aliphatic rings. The maximum Gasteiger partial charge on any atom is 0.433 e. The van der Waals surface area contributed by atoms with Gasteiger partial charge in [0.25, 0.3) is 5.91 Å². The number of aromatic nitrogens is 3. The minimum absolute atomic E-state index is 0.0289. The summed E-state index contributed by atoms with van der Waals surface area (Å²) in [6.45, 7) is 4.06. The molecule has 13 heteroatoms. The van der Waals surface area contributed by atoms with Gasteiger partial charge in [-0.3, -0.25) is 9.69 Å². The molecule has 1 amide bonds. The molecule has 1 aliphatic heterocycles. The molecule has 4 aromatic rings. The Morgan fingerprint density at radius 2 is 1.73 bits per heavy atom. The fourth-order valence-corrected chi connectivity index (χ4v) is 5.82. The number of hydrogen-bond donors (Lipinski definition) is 1. The number of aliphatic hydroxyl groups is 1. The number of aliphatic hydroxyl groups excluding tert-OH is 1. The van der Waals surface area contributed by atoms with Gasteiger partial charge in [0.2, 0.25) is 0 Å². The number of amides is 1. The van der Waals surface area contributed by atoms with E-state index in [-0.39, 0.29) is 41.7 Å². The second-order valence-electron chi connectivity index (χ2n) is 10.6. The van der Waals surface area contributed by atoms with Crippen LogP contribution in [0.4, 0.5) is 13.2 Å². The second-order valence-corrected chi connectivity index (χ2v) is 10.6. The Labute approximate surface area is 252 Å². The third kappa shape index (κ3) is 5.64. The van der Waals surface area contributed by atoms with E-state index in [4.69, 9.17) is 14.2 Å². The maximum atomic E-state index is 14.4. The number of halogens is 3. The van der Waals surface area contributed by atoms with Gasteiger partial charge in [0.1, 0.15) is 22.8 Å². The fourth-order valence-electron chi connectivity index (χ4n) is 5.82. The molecule has 3 heterocycles. The number of rotatable bonds is 8. The van der Waals surface area contributed by atoms with Crippen LogP contribution in [-0.2, 0) is 6.18 Å². The van der Waals surface area contributed by atoms with Crippen molar-refractivity contribution in [3.8, 4) is 28.5 Å². The predicted octanol–water partition coefficient (Wildman–Crippen LogP) is 4.63. The van der Waals surface area contributed by atoms with E-state index < -0.39 is 23.8 Å². The molecule has 1 N–H and O–H groups in total. The third-order valence-electron chi connectivity index (χ3n) is 8.08. The van der Waals surface area contributed by atoms with Crippen molar-refractivity contribution >= 4 is 11.6 Å². The molecule has 44 heavy (non-hydrogen) atoms. The van der Waals surface area contributed by atoms with Crippen LogP contribution in [0.1, 0.15) is 40.1 Å². The average Bonchev–Trinajstić information content (AvgIpc) is 3.43. The van der Waals surface area contributed by atoms with Crippen molar-refractivity contribution in [3.63, 3.8) is 0 Å². The van der Waals surface area contributed by atoms with Crippen molar-refractivity contribution in [1.29, 1.82) is 0 Å². The minimum Gasteiger partial charge on any atom is -0.497 e. The molecule has 2 aromatic heterocycles. The zero-order valence-corrected chi connectivity index (χ0v) is 25.1. The van der Waals surface area contributed by atoms with E-state index in [1.165, 1.54) is 14.0 Å².